The SMILES string of the molecule is COC(=O)C(C)(C)[C@H](N)c1ccc2[nH]ccc2c1.Cl. The standard InChI is InChI=1S/C14H18N2O2.ClH/c1-14(2,13(17)18-3)12(15)10-4-5-11-9(8-10)6-7-16-11;/h4-8,12,16H,15H2,1-3H3;1H/t12-;/m1./s1. The summed E-state index contributed by atoms with van der Waals surface area (Å²) in [6.45, 7) is 3.59. The van der Waals surface area contributed by atoms with E-state index in [1.165, 1.54) is 7.11 Å². The number of methoxy groups -OCH3 is 1. The Bertz CT molecular complexity index is 578. The van der Waals surface area contributed by atoms with Crippen LogP contribution in [0.2, 0.25) is 0 Å². The van der Waals surface area contributed by atoms with Crippen molar-refractivity contribution in [1.82, 2.24) is 4.98 Å². The van der Waals surface area contributed by atoms with Crippen molar-refractivity contribution in [3.63, 3.8) is 0 Å². The van der Waals surface area contributed by atoms with Crippen LogP contribution in [0.1, 0.15) is 25.5 Å². The van der Waals surface area contributed by atoms with Gasteiger partial charge in [-0.15, -0.1) is 12.4 Å². The summed E-state index contributed by atoms with van der Waals surface area (Å²) in [7, 11) is 1.38. The summed E-state index contributed by atoms with van der Waals surface area (Å²) in [5.74, 6) is -0.302. The van der Waals surface area contributed by atoms with E-state index in [1.807, 2.05) is 30.5 Å². The smallest absolute Gasteiger partial charge is 0.313 e. The van der Waals surface area contributed by atoms with Crippen LogP contribution in [0.4, 0.5) is 0 Å². The highest BCUT2D eigenvalue weighted by Crippen LogP contribution is 2.33. The van der Waals surface area contributed by atoms with E-state index >= 15 is 0 Å². The maximum atomic E-state index is 11.8. The lowest BCUT2D eigenvalue weighted by Crippen LogP contribution is -2.37. The van der Waals surface area contributed by atoms with Gasteiger partial charge in [0.1, 0.15) is 0 Å². The van der Waals surface area contributed by atoms with Gasteiger partial charge in [0.2, 0.25) is 0 Å². The van der Waals surface area contributed by atoms with Crippen molar-refractivity contribution in [2.24, 2.45) is 11.1 Å². The number of nitrogens with one attached hydrogen (secondary N) is 1. The molecule has 0 radical (unpaired) electrons. The fraction of sp³-hybridized carbons (Fsp3) is 0.357. The summed E-state index contributed by atoms with van der Waals surface area (Å²) in [5, 5.41) is 1.09. The Hall–Kier alpha value is -1.52. The van der Waals surface area contributed by atoms with Gasteiger partial charge in [0, 0.05) is 17.8 Å². The Labute approximate surface area is 118 Å². The van der Waals surface area contributed by atoms with Crippen LogP contribution in [0, 0.1) is 5.41 Å². The monoisotopic (exact) mass is 282 g/mol. The summed E-state index contributed by atoms with van der Waals surface area (Å²) >= 11 is 0. The van der Waals surface area contributed by atoms with E-state index in [9.17, 15) is 4.79 Å². The molecule has 3 N–H and O–H groups in total. The minimum atomic E-state index is -0.751. The van der Waals surface area contributed by atoms with Gasteiger partial charge in [-0.3, -0.25) is 4.79 Å². The molecule has 0 aliphatic carbocycles. The van der Waals surface area contributed by atoms with Gasteiger partial charge < -0.3 is 15.5 Å². The van der Waals surface area contributed by atoms with E-state index in [4.69, 9.17) is 10.5 Å². The third-order valence-corrected chi connectivity index (χ3v) is 3.43. The number of H-pyrrole nitrogens is 1. The average molecular weight is 283 g/mol. The first-order valence-electron chi connectivity index (χ1n) is 5.88. The molecule has 0 spiro atoms. The zero-order valence-electron chi connectivity index (χ0n) is 11.3. The van der Waals surface area contributed by atoms with Crippen molar-refractivity contribution in [3.05, 3.63) is 36.0 Å². The summed E-state index contributed by atoms with van der Waals surface area (Å²) in [4.78, 5) is 14.9. The molecule has 0 unspecified atom stereocenters. The number of nitrogens with two attached hydrogens (primary N) is 1. The summed E-state index contributed by atoms with van der Waals surface area (Å²) in [6.07, 6.45) is 1.88. The highest BCUT2D eigenvalue weighted by Gasteiger charge is 2.36. The van der Waals surface area contributed by atoms with Gasteiger partial charge in [0.15, 0.2) is 0 Å². The van der Waals surface area contributed by atoms with Crippen molar-refractivity contribution in [1.29, 1.82) is 0 Å². The van der Waals surface area contributed by atoms with Gasteiger partial charge in [-0.1, -0.05) is 6.07 Å². The topological polar surface area (TPSA) is 68.1 Å². The Balaban J connectivity index is 0.00000180. The normalized spacial score (nSPS) is 12.8. The van der Waals surface area contributed by atoms with E-state index in [2.05, 4.69) is 4.98 Å². The number of fused-ring (bicyclic) bond motifs is 1. The molecule has 1 atom stereocenters. The second-order valence-electron chi connectivity index (χ2n) is 5.02. The van der Waals surface area contributed by atoms with Crippen molar-refractivity contribution >= 4 is 29.3 Å². The minimum absolute atomic E-state index is 0. The fourth-order valence-corrected chi connectivity index (χ4v) is 2.07. The molecule has 19 heavy (non-hydrogen) atoms. The first-order chi connectivity index (χ1) is 8.46. The van der Waals surface area contributed by atoms with Crippen LogP contribution in [-0.4, -0.2) is 18.1 Å². The van der Waals surface area contributed by atoms with Crippen LogP contribution < -0.4 is 5.73 Å². The second kappa shape index (κ2) is 5.63. The molecule has 2 rings (SSSR count). The van der Waals surface area contributed by atoms with Crippen molar-refractivity contribution in [2.75, 3.05) is 7.11 Å². The lowest BCUT2D eigenvalue weighted by Gasteiger charge is -2.29. The summed E-state index contributed by atoms with van der Waals surface area (Å²) in [6, 6.07) is 7.49. The number of halogens is 1. The van der Waals surface area contributed by atoms with E-state index in [0.717, 1.165) is 16.5 Å². The maximum absolute atomic E-state index is 11.8. The van der Waals surface area contributed by atoms with Crippen LogP contribution in [0.5, 0.6) is 0 Å². The van der Waals surface area contributed by atoms with Gasteiger partial charge in [0.25, 0.3) is 0 Å². The molecule has 0 saturated carbocycles. The highest BCUT2D eigenvalue weighted by atomic mass is 35.5. The van der Waals surface area contributed by atoms with Crippen molar-refractivity contribution in [2.45, 2.75) is 19.9 Å². The highest BCUT2D eigenvalue weighted by molar-refractivity contribution is 5.85. The lowest BCUT2D eigenvalue weighted by molar-refractivity contribution is -0.152. The van der Waals surface area contributed by atoms with Gasteiger partial charge in [0.05, 0.1) is 12.5 Å². The number of aromatic amines is 1. The maximum Gasteiger partial charge on any atom is 0.313 e. The molecule has 0 saturated heterocycles. The largest absolute Gasteiger partial charge is 0.469 e. The quantitative estimate of drug-likeness (QED) is 0.851. The number of esters is 1. The summed E-state index contributed by atoms with van der Waals surface area (Å²) < 4.78 is 4.81. The lowest BCUT2D eigenvalue weighted by atomic mass is 9.81. The number of hydrogen-bond acceptors (Lipinski definition) is 3. The van der Waals surface area contributed by atoms with E-state index in [0.29, 0.717) is 0 Å². The van der Waals surface area contributed by atoms with Gasteiger partial charge >= 0.3 is 5.97 Å². The van der Waals surface area contributed by atoms with Crippen LogP contribution in [0.25, 0.3) is 10.9 Å². The molecule has 5 heteroatoms. The van der Waals surface area contributed by atoms with Crippen LogP contribution in [0.15, 0.2) is 30.5 Å². The molecule has 0 bridgehead atoms. The first kappa shape index (κ1) is 15.5. The number of aromatic nitrogens is 1. The average Bonchev–Trinajstić information content (AvgIpc) is 2.83. The fourth-order valence-electron chi connectivity index (χ4n) is 2.07. The molecular formula is C14H19ClN2O2. The number of ether oxygens (including phenoxy) is 1. The Morgan fingerprint density at radius 2 is 2.05 bits per heavy atom. The van der Waals surface area contributed by atoms with Crippen molar-refractivity contribution in [3.8, 4) is 0 Å². The Kier molecular flexibility index (Phi) is 4.61. The molecule has 2 aromatic rings. The number of benzene rings is 1. The third kappa shape index (κ3) is 2.74. The van der Waals surface area contributed by atoms with E-state index < -0.39 is 11.5 Å². The molecular weight excluding hydrogens is 264 g/mol. The second-order valence-corrected chi connectivity index (χ2v) is 5.02. The summed E-state index contributed by atoms with van der Waals surface area (Å²) in [5.41, 5.74) is 7.43. The molecule has 1 heterocycles. The first-order valence-corrected chi connectivity index (χ1v) is 5.88. The molecule has 0 amide bonds. The Morgan fingerprint density at radius 3 is 2.68 bits per heavy atom. The van der Waals surface area contributed by atoms with Crippen LogP contribution in [0.3, 0.4) is 0 Å². The molecule has 0 aliphatic heterocycles. The third-order valence-electron chi connectivity index (χ3n) is 3.43. The zero-order chi connectivity index (χ0) is 13.3. The molecule has 1 aromatic heterocycles. The number of hydrogen-bond donors (Lipinski definition) is 2. The Morgan fingerprint density at radius 1 is 1.37 bits per heavy atom. The van der Waals surface area contributed by atoms with Crippen LogP contribution >= 0.6 is 12.4 Å². The predicted octanol–water partition coefficient (Wildman–Crippen LogP) is 2.79. The van der Waals surface area contributed by atoms with Gasteiger partial charge in [-0.05, 0) is 43.0 Å². The van der Waals surface area contributed by atoms with Gasteiger partial charge in [-0.2, -0.15) is 0 Å². The zero-order valence-corrected chi connectivity index (χ0v) is 12.1. The predicted molar refractivity (Wildman–Crippen MR) is 78.3 cm³/mol. The molecule has 4 nitrogen and oxygen atoms in total. The minimum Gasteiger partial charge on any atom is -0.469 e. The van der Waals surface area contributed by atoms with Crippen LogP contribution in [-0.2, 0) is 9.53 Å². The van der Waals surface area contributed by atoms with Crippen molar-refractivity contribution < 1.29 is 9.53 Å². The number of carbonyl (C=O) groups is 1. The molecule has 104 valence electrons. The van der Waals surface area contributed by atoms with Gasteiger partial charge in [-0.25, -0.2) is 0 Å². The molecule has 0 aliphatic rings. The van der Waals surface area contributed by atoms with E-state index in [1.54, 1.807) is 13.8 Å². The number of rotatable bonds is 3. The number of carbonyl (C=O) groups excluding carboxylic acids is 1. The van der Waals surface area contributed by atoms with E-state index in [-0.39, 0.29) is 18.4 Å². The molecule has 1 aromatic carbocycles. The molecule has 0 fully saturated rings.